The van der Waals surface area contributed by atoms with Crippen LogP contribution in [0.25, 0.3) is 20.7 Å². The fourth-order valence-electron chi connectivity index (χ4n) is 10.6. The molecule has 13 nitrogen and oxygen atoms in total. The number of aryl methyl sites for hydroxylation is 2. The molecule has 3 fully saturated rings. The van der Waals surface area contributed by atoms with Crippen molar-refractivity contribution < 1.29 is 29.0 Å². The summed E-state index contributed by atoms with van der Waals surface area (Å²) in [5.41, 5.74) is 4.24. The average molecular weight is 1050 g/mol. The van der Waals surface area contributed by atoms with E-state index in [1.165, 1.54) is 16.9 Å². The van der Waals surface area contributed by atoms with Gasteiger partial charge in [-0.25, -0.2) is 4.90 Å². The van der Waals surface area contributed by atoms with Gasteiger partial charge in [0.25, 0.3) is 0 Å². The maximum atomic E-state index is 15.4. The number of hydrogen-bond donors (Lipinski definition) is 1. The summed E-state index contributed by atoms with van der Waals surface area (Å²) in [6, 6.07) is 23.7. The normalized spacial score (nSPS) is 23.8. The minimum atomic E-state index is -1.38. The second-order valence-corrected chi connectivity index (χ2v) is 20.7. The Kier molecular flexibility index (Phi) is 10.9. The van der Waals surface area contributed by atoms with Gasteiger partial charge in [0, 0.05) is 53.0 Å². The molecule has 2 aliphatic heterocycles. The van der Waals surface area contributed by atoms with Crippen molar-refractivity contribution in [3.63, 3.8) is 0 Å². The number of halogens is 3. The van der Waals surface area contributed by atoms with Gasteiger partial charge >= 0.3 is 0 Å². The minimum absolute atomic E-state index is 0.144. The number of fused-ring (bicyclic) bond motifs is 5. The molecule has 2 saturated heterocycles. The lowest BCUT2D eigenvalue weighted by Gasteiger charge is -2.49. The predicted molar refractivity (Wildman–Crippen MR) is 262 cm³/mol. The molecular weight excluding hydrogens is 1010 g/mol. The summed E-state index contributed by atoms with van der Waals surface area (Å²) >= 11 is 15.2. The fraction of sp³-hybridized carbons (Fsp3) is 0.286. The molecule has 1 N–H and O–H groups in total. The number of rotatable bonds is 8. The first kappa shape index (κ1) is 44.2. The van der Waals surface area contributed by atoms with Gasteiger partial charge in [-0.1, -0.05) is 23.3 Å². The van der Waals surface area contributed by atoms with Crippen LogP contribution in [0.2, 0.25) is 5.02 Å². The Morgan fingerprint density at radius 1 is 0.894 bits per heavy atom. The Hall–Kier alpha value is -5.68. The number of thiophene rings is 1. The topological polar surface area (TPSA) is 150 Å². The highest BCUT2D eigenvalue weighted by atomic mass is 79.9. The highest BCUT2D eigenvalue weighted by Crippen LogP contribution is 2.65. The zero-order valence-corrected chi connectivity index (χ0v) is 41.3. The summed E-state index contributed by atoms with van der Waals surface area (Å²) in [7, 11) is 7.08. The molecule has 4 heterocycles. The largest absolute Gasteiger partial charge is 0.503 e. The van der Waals surface area contributed by atoms with E-state index in [4.69, 9.17) is 21.4 Å². The molecule has 2 aliphatic carbocycles. The summed E-state index contributed by atoms with van der Waals surface area (Å²) in [4.78, 5) is 65.3. The molecule has 66 heavy (non-hydrogen) atoms. The summed E-state index contributed by atoms with van der Waals surface area (Å²) in [6.07, 6.45) is 2.38. The second-order valence-electron chi connectivity index (χ2n) is 17.7. The number of ether oxygens (including phenoxy) is 1. The third-order valence-corrected chi connectivity index (χ3v) is 17.6. The zero-order valence-electron chi connectivity index (χ0n) is 36.5. The monoisotopic (exact) mass is 1050 g/mol. The van der Waals surface area contributed by atoms with Crippen molar-refractivity contribution in [1.29, 1.82) is 0 Å². The van der Waals surface area contributed by atoms with Crippen LogP contribution < -0.4 is 19.4 Å². The molecule has 0 radical (unpaired) electrons. The zero-order chi connectivity index (χ0) is 46.7. The summed E-state index contributed by atoms with van der Waals surface area (Å²) in [5.74, 6) is -4.99. The fourth-order valence-corrected chi connectivity index (χ4v) is 12.9. The van der Waals surface area contributed by atoms with Gasteiger partial charge < -0.3 is 14.7 Å². The third-order valence-electron chi connectivity index (χ3n) is 13.9. The number of aromatic nitrogens is 2. The predicted octanol–water partition coefficient (Wildman–Crippen LogP) is 11.4. The van der Waals surface area contributed by atoms with Gasteiger partial charge in [-0.05, 0) is 154 Å². The number of methoxy groups -OCH3 is 1. The highest BCUT2D eigenvalue weighted by molar-refractivity contribution is 9.13. The number of imide groups is 2. The first-order chi connectivity index (χ1) is 31.5. The lowest BCUT2D eigenvalue weighted by Crippen LogP contribution is -2.49. The summed E-state index contributed by atoms with van der Waals surface area (Å²) < 4.78 is 8.99. The molecule has 0 spiro atoms. The number of phenolic OH excluding ortho intramolecular Hbond substituents is 1. The van der Waals surface area contributed by atoms with Crippen LogP contribution in [-0.4, -0.2) is 59.7 Å². The summed E-state index contributed by atoms with van der Waals surface area (Å²) in [5, 5.41) is 26.3. The van der Waals surface area contributed by atoms with Gasteiger partial charge in [0.2, 0.25) is 23.6 Å². The molecule has 0 bridgehead atoms. The van der Waals surface area contributed by atoms with E-state index in [1.54, 1.807) is 59.5 Å². The van der Waals surface area contributed by atoms with E-state index in [0.717, 1.165) is 31.8 Å². The number of hydrogen-bond acceptors (Lipinski definition) is 11. The number of nitrogens with zero attached hydrogens (tertiary/aromatic N) is 7. The Labute approximate surface area is 405 Å². The molecular formula is C49H42Br2ClN7O6S. The van der Waals surface area contributed by atoms with Crippen LogP contribution in [-0.2, 0) is 26.2 Å². The smallest absolute Gasteiger partial charge is 0.242 e. The van der Waals surface area contributed by atoms with E-state index >= 15 is 9.59 Å². The number of aromatic hydroxyl groups is 1. The van der Waals surface area contributed by atoms with Crippen LogP contribution >= 0.6 is 54.8 Å². The number of phenols is 1. The van der Waals surface area contributed by atoms with E-state index in [0.29, 0.717) is 48.1 Å². The molecule has 2 aromatic heterocycles. The van der Waals surface area contributed by atoms with Crippen molar-refractivity contribution in [2.75, 3.05) is 35.9 Å². The van der Waals surface area contributed by atoms with E-state index in [-0.39, 0.29) is 36.2 Å². The van der Waals surface area contributed by atoms with Crippen molar-refractivity contribution >= 4 is 117 Å². The van der Waals surface area contributed by atoms with Crippen molar-refractivity contribution in [3.05, 3.63) is 116 Å². The van der Waals surface area contributed by atoms with Gasteiger partial charge in [0.1, 0.15) is 11.5 Å². The maximum Gasteiger partial charge on any atom is 0.242 e. The van der Waals surface area contributed by atoms with Crippen LogP contribution in [0.3, 0.4) is 0 Å². The number of carbonyl (C=O) groups excluding carboxylic acids is 4. The first-order valence-electron chi connectivity index (χ1n) is 21.3. The molecule has 17 heteroatoms. The van der Waals surface area contributed by atoms with Gasteiger partial charge in [-0.15, -0.1) is 11.3 Å². The van der Waals surface area contributed by atoms with Crippen LogP contribution in [0.5, 0.6) is 11.5 Å². The number of anilines is 3. The molecule has 6 atom stereocenters. The molecule has 4 aliphatic rings. The van der Waals surface area contributed by atoms with Crippen molar-refractivity contribution in [1.82, 2.24) is 9.78 Å². The average Bonchev–Trinajstić information content (AvgIpc) is 3.98. The third kappa shape index (κ3) is 6.68. The Balaban J connectivity index is 1.02. The van der Waals surface area contributed by atoms with E-state index in [2.05, 4.69) is 42.1 Å². The molecule has 1 saturated carbocycles. The van der Waals surface area contributed by atoms with Gasteiger partial charge in [0.15, 0.2) is 11.5 Å². The number of allylic oxidation sites excluding steroid dienone is 2. The van der Waals surface area contributed by atoms with Crippen molar-refractivity contribution in [2.24, 2.45) is 46.4 Å². The number of benzene rings is 4. The lowest BCUT2D eigenvalue weighted by atomic mass is 9.51. The number of azo groups is 1. The van der Waals surface area contributed by atoms with Crippen LogP contribution in [0.4, 0.5) is 28.6 Å². The van der Waals surface area contributed by atoms with E-state index in [9.17, 15) is 14.7 Å². The molecule has 6 unspecified atom stereocenters. The quantitative estimate of drug-likeness (QED) is 0.0899. The first-order valence-corrected chi connectivity index (χ1v) is 24.0. The summed E-state index contributed by atoms with van der Waals surface area (Å²) in [6.45, 7) is 3.81. The van der Waals surface area contributed by atoms with Crippen LogP contribution in [0.1, 0.15) is 36.8 Å². The Morgan fingerprint density at radius 2 is 1.58 bits per heavy atom. The number of carbonyl (C=O) groups is 4. The van der Waals surface area contributed by atoms with E-state index < -0.39 is 46.8 Å². The molecule has 4 aromatic carbocycles. The second kappa shape index (κ2) is 16.3. The molecule has 4 amide bonds. The van der Waals surface area contributed by atoms with Gasteiger partial charge in [-0.2, -0.15) is 15.3 Å². The Morgan fingerprint density at radius 3 is 2.24 bits per heavy atom. The van der Waals surface area contributed by atoms with Gasteiger partial charge in [-0.3, -0.25) is 28.8 Å². The van der Waals surface area contributed by atoms with Crippen molar-refractivity contribution in [3.8, 4) is 22.1 Å². The number of amides is 4. The SMILES string of the molecule is COc1cc(C2C3=CCC4C(=O)N(c5ccc(N=Nc6ccc(N(C)C)cc6)cc5)C(=O)C4C3CC3C(=O)N(c4cc(-c5sc6ccc(Cl)cc6c5C)nn4C)C(=O)C32C)c(Br)c(Br)c1O. The highest BCUT2D eigenvalue weighted by Gasteiger charge is 2.68. The Bertz CT molecular complexity index is 3130. The van der Waals surface area contributed by atoms with Gasteiger partial charge in [0.05, 0.1) is 56.7 Å². The molecule has 6 aromatic rings. The van der Waals surface area contributed by atoms with Crippen molar-refractivity contribution in [2.45, 2.75) is 32.6 Å². The molecule has 10 rings (SSSR count). The lowest BCUT2D eigenvalue weighted by molar-refractivity contribution is -0.131. The standard InChI is InChI=1S/C49H42Br2ClN7O6S/c1-23-31-19-24(52)7-18-37(31)66-44(23)35-22-38(57(5)55-35)59-46(62)34-20-32-29(40(49(34,2)48(59)64)33-21-36(65-6)43(60)42(51)41(33)50)16-17-30-39(32)47(63)58(45(30)61)28-14-10-26(11-15-28)54-53-25-8-12-27(13-9-25)56(3)4/h7-16,18-19,21-22,30,32,34,39-40,60H,17,20H2,1-6H3. The minimum Gasteiger partial charge on any atom is -0.503 e. The van der Waals surface area contributed by atoms with Crippen LogP contribution in [0.15, 0.2) is 110 Å². The van der Waals surface area contributed by atoms with Crippen LogP contribution in [0, 0.1) is 36.0 Å². The van der Waals surface area contributed by atoms with E-state index in [1.807, 2.05) is 81.4 Å². The molecule has 336 valence electrons. The maximum absolute atomic E-state index is 15.4.